The van der Waals surface area contributed by atoms with Crippen molar-refractivity contribution < 1.29 is 14.6 Å². The van der Waals surface area contributed by atoms with Crippen LogP contribution >= 0.6 is 0 Å². The molecule has 2 unspecified atom stereocenters. The van der Waals surface area contributed by atoms with E-state index in [-0.39, 0.29) is 17.9 Å². The molecule has 2 fully saturated rings. The predicted molar refractivity (Wildman–Crippen MR) is 59.9 cm³/mol. The molecule has 92 valence electrons. The van der Waals surface area contributed by atoms with Crippen LogP contribution in [0.25, 0.3) is 0 Å². The van der Waals surface area contributed by atoms with Gasteiger partial charge in [0.25, 0.3) is 0 Å². The summed E-state index contributed by atoms with van der Waals surface area (Å²) in [5, 5.41) is 13.1. The van der Waals surface area contributed by atoms with Gasteiger partial charge in [0.15, 0.2) is 0 Å². The van der Waals surface area contributed by atoms with E-state index in [0.717, 1.165) is 19.3 Å². The van der Waals surface area contributed by atoms with E-state index < -0.39 is 5.60 Å². The van der Waals surface area contributed by atoms with Gasteiger partial charge in [-0.05, 0) is 39.0 Å². The highest BCUT2D eigenvalue weighted by Crippen LogP contribution is 2.41. The summed E-state index contributed by atoms with van der Waals surface area (Å²) in [6.45, 7) is 5.03. The number of hydrogen-bond acceptors (Lipinski definition) is 3. The summed E-state index contributed by atoms with van der Waals surface area (Å²) in [7, 11) is 0. The Morgan fingerprint density at radius 3 is 2.81 bits per heavy atom. The van der Waals surface area contributed by atoms with Crippen molar-refractivity contribution in [3.05, 3.63) is 0 Å². The van der Waals surface area contributed by atoms with Crippen molar-refractivity contribution in [1.82, 2.24) is 5.32 Å². The van der Waals surface area contributed by atoms with Gasteiger partial charge in [-0.1, -0.05) is 0 Å². The Morgan fingerprint density at radius 1 is 1.62 bits per heavy atom. The Labute approximate surface area is 96.4 Å². The van der Waals surface area contributed by atoms with Crippen molar-refractivity contribution in [2.75, 3.05) is 13.2 Å². The van der Waals surface area contributed by atoms with Gasteiger partial charge < -0.3 is 15.2 Å². The second-order valence-corrected chi connectivity index (χ2v) is 5.72. The Kier molecular flexibility index (Phi) is 2.97. The first-order valence-corrected chi connectivity index (χ1v) is 6.02. The third-order valence-corrected chi connectivity index (χ3v) is 3.64. The number of carbonyl (C=O) groups excluding carboxylic acids is 1. The molecule has 2 N–H and O–H groups in total. The third-order valence-electron chi connectivity index (χ3n) is 3.64. The maximum atomic E-state index is 11.8. The van der Waals surface area contributed by atoms with Gasteiger partial charge in [0, 0.05) is 6.61 Å². The Morgan fingerprint density at radius 2 is 2.31 bits per heavy atom. The normalized spacial score (nSPS) is 33.4. The number of amides is 1. The number of rotatable bonds is 4. The van der Waals surface area contributed by atoms with Gasteiger partial charge in [-0.15, -0.1) is 0 Å². The van der Waals surface area contributed by atoms with Crippen molar-refractivity contribution in [2.24, 2.45) is 5.92 Å². The first kappa shape index (κ1) is 11.9. The molecule has 16 heavy (non-hydrogen) atoms. The van der Waals surface area contributed by atoms with Gasteiger partial charge in [0.1, 0.15) is 0 Å². The highest BCUT2D eigenvalue weighted by molar-refractivity contribution is 5.78. The lowest BCUT2D eigenvalue weighted by Crippen LogP contribution is -2.48. The van der Waals surface area contributed by atoms with E-state index in [2.05, 4.69) is 5.32 Å². The number of hydrogen-bond donors (Lipinski definition) is 2. The first-order valence-electron chi connectivity index (χ1n) is 6.02. The second-order valence-electron chi connectivity index (χ2n) is 5.72. The number of ether oxygens (including phenoxy) is 1. The monoisotopic (exact) mass is 227 g/mol. The molecule has 2 atom stereocenters. The van der Waals surface area contributed by atoms with Gasteiger partial charge in [-0.25, -0.2) is 0 Å². The topological polar surface area (TPSA) is 58.6 Å². The first-order chi connectivity index (χ1) is 7.41. The van der Waals surface area contributed by atoms with E-state index in [1.54, 1.807) is 6.92 Å². The number of nitrogens with one attached hydrogen (secondary N) is 1. The average molecular weight is 227 g/mol. The summed E-state index contributed by atoms with van der Waals surface area (Å²) in [5.41, 5.74) is -1.07. The molecule has 0 aromatic heterocycles. The summed E-state index contributed by atoms with van der Waals surface area (Å²) >= 11 is 0. The van der Waals surface area contributed by atoms with Crippen molar-refractivity contribution in [2.45, 2.75) is 50.7 Å². The summed E-state index contributed by atoms with van der Waals surface area (Å²) in [5.74, 6) is 0.246. The Bertz CT molecular complexity index is 269. The van der Waals surface area contributed by atoms with Crippen LogP contribution in [0, 0.1) is 5.92 Å². The van der Waals surface area contributed by atoms with Crippen LogP contribution in [0.1, 0.15) is 39.5 Å². The molecular formula is C12H21NO3. The van der Waals surface area contributed by atoms with Crippen LogP contribution in [-0.4, -0.2) is 35.4 Å². The van der Waals surface area contributed by atoms with E-state index >= 15 is 0 Å². The fraction of sp³-hybridized carbons (Fsp3) is 0.917. The minimum atomic E-state index is -0.833. The summed E-state index contributed by atoms with van der Waals surface area (Å²) in [6.07, 6.45) is 3.14. The molecule has 1 aliphatic heterocycles. The Hall–Kier alpha value is -0.610. The second kappa shape index (κ2) is 4.00. The van der Waals surface area contributed by atoms with Crippen molar-refractivity contribution >= 4 is 5.91 Å². The van der Waals surface area contributed by atoms with Gasteiger partial charge in [0.2, 0.25) is 5.91 Å². The van der Waals surface area contributed by atoms with Gasteiger partial charge >= 0.3 is 0 Å². The highest BCUT2D eigenvalue weighted by atomic mass is 16.5. The molecule has 4 heteroatoms. The van der Waals surface area contributed by atoms with Crippen molar-refractivity contribution in [1.29, 1.82) is 0 Å². The number of aliphatic hydroxyl groups is 1. The van der Waals surface area contributed by atoms with E-state index in [1.165, 1.54) is 0 Å². The van der Waals surface area contributed by atoms with Crippen LogP contribution in [0.15, 0.2) is 0 Å². The zero-order chi connectivity index (χ0) is 11.8. The molecule has 2 aliphatic rings. The lowest BCUT2D eigenvalue weighted by atomic mass is 9.94. The Balaban J connectivity index is 1.83. The maximum absolute atomic E-state index is 11.8. The molecule has 0 bridgehead atoms. The van der Waals surface area contributed by atoms with Crippen molar-refractivity contribution in [3.63, 3.8) is 0 Å². The standard InChI is InChI=1S/C12H21NO3/c1-11(5-6-16-8-11)13-10(14)7-12(2,15)9-3-4-9/h9,15H,3-8H2,1-2H3,(H,13,14). The van der Waals surface area contributed by atoms with E-state index in [0.29, 0.717) is 19.1 Å². The van der Waals surface area contributed by atoms with Crippen LogP contribution in [-0.2, 0) is 9.53 Å². The quantitative estimate of drug-likeness (QED) is 0.748. The smallest absolute Gasteiger partial charge is 0.223 e. The lowest BCUT2D eigenvalue weighted by molar-refractivity contribution is -0.128. The molecule has 2 rings (SSSR count). The number of carbonyl (C=O) groups is 1. The van der Waals surface area contributed by atoms with Crippen LogP contribution in [0.5, 0.6) is 0 Å². The molecule has 0 radical (unpaired) electrons. The minimum Gasteiger partial charge on any atom is -0.389 e. The zero-order valence-electron chi connectivity index (χ0n) is 10.1. The summed E-state index contributed by atoms with van der Waals surface area (Å²) < 4.78 is 5.27. The zero-order valence-corrected chi connectivity index (χ0v) is 10.1. The van der Waals surface area contributed by atoms with Crippen LogP contribution < -0.4 is 5.32 Å². The van der Waals surface area contributed by atoms with Crippen LogP contribution in [0.3, 0.4) is 0 Å². The predicted octanol–water partition coefficient (Wildman–Crippen LogP) is 0.833. The molecule has 1 saturated carbocycles. The largest absolute Gasteiger partial charge is 0.389 e. The SMILES string of the molecule is CC1(NC(=O)CC(C)(O)C2CC2)CCOC1. The molecular weight excluding hydrogens is 206 g/mol. The molecule has 1 saturated heterocycles. The fourth-order valence-corrected chi connectivity index (χ4v) is 2.32. The molecule has 1 aliphatic carbocycles. The molecule has 1 amide bonds. The maximum Gasteiger partial charge on any atom is 0.223 e. The molecule has 0 aromatic carbocycles. The van der Waals surface area contributed by atoms with Gasteiger partial charge in [0.05, 0.1) is 24.2 Å². The third kappa shape index (κ3) is 2.74. The lowest BCUT2D eigenvalue weighted by Gasteiger charge is -2.27. The van der Waals surface area contributed by atoms with E-state index in [4.69, 9.17) is 4.74 Å². The summed E-state index contributed by atoms with van der Waals surface area (Å²) in [6, 6.07) is 0. The van der Waals surface area contributed by atoms with E-state index in [1.807, 2.05) is 6.92 Å². The molecule has 4 nitrogen and oxygen atoms in total. The minimum absolute atomic E-state index is 0.0649. The summed E-state index contributed by atoms with van der Waals surface area (Å²) in [4.78, 5) is 11.8. The van der Waals surface area contributed by atoms with E-state index in [9.17, 15) is 9.90 Å². The van der Waals surface area contributed by atoms with Crippen LogP contribution in [0.2, 0.25) is 0 Å². The van der Waals surface area contributed by atoms with Gasteiger partial charge in [-0.3, -0.25) is 4.79 Å². The van der Waals surface area contributed by atoms with Crippen molar-refractivity contribution in [3.8, 4) is 0 Å². The fourth-order valence-electron chi connectivity index (χ4n) is 2.32. The molecule has 1 heterocycles. The van der Waals surface area contributed by atoms with Gasteiger partial charge in [-0.2, -0.15) is 0 Å². The van der Waals surface area contributed by atoms with Crippen LogP contribution in [0.4, 0.5) is 0 Å². The molecule has 0 aromatic rings. The highest BCUT2D eigenvalue weighted by Gasteiger charge is 2.42. The average Bonchev–Trinajstić information content (AvgIpc) is 2.90. The molecule has 0 spiro atoms.